The molecule has 5 rings (SSSR count). The minimum absolute atomic E-state index is 0.589. The Bertz CT molecular complexity index is 1280. The first-order valence-corrected chi connectivity index (χ1v) is 10.2. The molecule has 0 unspecified atom stereocenters. The number of para-hydroxylation sites is 1. The van der Waals surface area contributed by atoms with Gasteiger partial charge in [0.2, 0.25) is 11.7 Å². The van der Waals surface area contributed by atoms with Gasteiger partial charge in [0.15, 0.2) is 10.8 Å². The second kappa shape index (κ2) is 7.59. The molecular weight excluding hydrogens is 386 g/mol. The zero-order valence-corrected chi connectivity index (χ0v) is 16.5. The summed E-state index contributed by atoms with van der Waals surface area (Å²) in [5.74, 6) is 2.81. The van der Waals surface area contributed by atoms with Crippen molar-refractivity contribution in [1.82, 2.24) is 34.7 Å². The maximum absolute atomic E-state index is 5.37. The van der Waals surface area contributed by atoms with Gasteiger partial charge >= 0.3 is 0 Å². The van der Waals surface area contributed by atoms with Gasteiger partial charge in [-0.2, -0.15) is 9.50 Å². The average molecular weight is 403 g/mol. The molecule has 0 amide bonds. The number of pyridine rings is 1. The van der Waals surface area contributed by atoms with Crippen molar-refractivity contribution in [2.45, 2.75) is 24.9 Å². The molecule has 0 bridgehead atoms. The molecule has 0 atom stereocenters. The smallest absolute Gasteiger partial charge is 0.226 e. The number of benzene rings is 1. The van der Waals surface area contributed by atoms with Gasteiger partial charge in [0.25, 0.3) is 0 Å². The third kappa shape index (κ3) is 3.56. The number of fused-ring (bicyclic) bond motifs is 3. The summed E-state index contributed by atoms with van der Waals surface area (Å²) in [6, 6.07) is 11.7. The summed E-state index contributed by atoms with van der Waals surface area (Å²) in [5.41, 5.74) is 2.66. The molecule has 0 aliphatic heterocycles. The van der Waals surface area contributed by atoms with E-state index in [1.54, 1.807) is 24.2 Å². The third-order valence-corrected chi connectivity index (χ3v) is 5.44. The average Bonchev–Trinajstić information content (AvgIpc) is 3.38. The molecule has 0 aliphatic carbocycles. The Labute approximate surface area is 170 Å². The molecule has 0 aliphatic rings. The van der Waals surface area contributed by atoms with Gasteiger partial charge < -0.3 is 4.52 Å². The lowest BCUT2D eigenvalue weighted by Crippen LogP contribution is -1.99. The SMILES string of the molecule is Cc1nc2c3ccccc3nc(SCCCc3nc(-c4ccncc4)no3)n2n1. The quantitative estimate of drug-likeness (QED) is 0.240. The second-order valence-electron chi connectivity index (χ2n) is 6.51. The number of hydrogen-bond acceptors (Lipinski definition) is 8. The molecule has 5 aromatic rings. The van der Waals surface area contributed by atoms with E-state index in [1.807, 2.05) is 47.8 Å². The molecule has 4 aromatic heterocycles. The molecule has 8 nitrogen and oxygen atoms in total. The van der Waals surface area contributed by atoms with E-state index in [2.05, 4.69) is 25.2 Å². The molecule has 0 radical (unpaired) electrons. The van der Waals surface area contributed by atoms with Crippen LogP contribution in [-0.2, 0) is 6.42 Å². The molecule has 9 heteroatoms. The predicted molar refractivity (Wildman–Crippen MR) is 110 cm³/mol. The van der Waals surface area contributed by atoms with Gasteiger partial charge in [-0.1, -0.05) is 29.1 Å². The fraction of sp³-hybridized carbons (Fsp3) is 0.200. The molecule has 0 saturated carbocycles. The van der Waals surface area contributed by atoms with Crippen molar-refractivity contribution in [3.63, 3.8) is 0 Å². The lowest BCUT2D eigenvalue weighted by atomic mass is 10.2. The maximum Gasteiger partial charge on any atom is 0.226 e. The van der Waals surface area contributed by atoms with Gasteiger partial charge in [0.1, 0.15) is 5.82 Å². The topological polar surface area (TPSA) is 94.9 Å². The van der Waals surface area contributed by atoms with E-state index in [0.29, 0.717) is 18.1 Å². The predicted octanol–water partition coefficient (Wildman–Crippen LogP) is 3.76. The molecule has 0 spiro atoms. The molecule has 0 saturated heterocycles. The highest BCUT2D eigenvalue weighted by atomic mass is 32.2. The Balaban J connectivity index is 1.28. The van der Waals surface area contributed by atoms with E-state index in [9.17, 15) is 0 Å². The molecular formula is C20H17N7OS. The second-order valence-corrected chi connectivity index (χ2v) is 7.57. The zero-order valence-electron chi connectivity index (χ0n) is 15.7. The van der Waals surface area contributed by atoms with Crippen LogP contribution in [0.2, 0.25) is 0 Å². The summed E-state index contributed by atoms with van der Waals surface area (Å²) in [6.45, 7) is 1.90. The van der Waals surface area contributed by atoms with E-state index < -0.39 is 0 Å². The number of thioether (sulfide) groups is 1. The van der Waals surface area contributed by atoms with Gasteiger partial charge in [-0.15, -0.1) is 5.10 Å². The third-order valence-electron chi connectivity index (χ3n) is 4.43. The Morgan fingerprint density at radius 1 is 1.03 bits per heavy atom. The zero-order chi connectivity index (χ0) is 19.6. The number of nitrogens with zero attached hydrogens (tertiary/aromatic N) is 7. The highest BCUT2D eigenvalue weighted by Crippen LogP contribution is 2.24. The number of hydrogen-bond donors (Lipinski definition) is 0. The molecule has 0 fully saturated rings. The Kier molecular flexibility index (Phi) is 4.65. The molecule has 144 valence electrons. The van der Waals surface area contributed by atoms with Crippen LogP contribution in [0.25, 0.3) is 27.9 Å². The van der Waals surface area contributed by atoms with E-state index in [-0.39, 0.29) is 0 Å². The maximum atomic E-state index is 5.37. The number of aryl methyl sites for hydroxylation is 2. The normalized spacial score (nSPS) is 11.5. The van der Waals surface area contributed by atoms with Crippen LogP contribution in [0.5, 0.6) is 0 Å². The van der Waals surface area contributed by atoms with Gasteiger partial charge in [0.05, 0.1) is 5.52 Å². The summed E-state index contributed by atoms with van der Waals surface area (Å²) in [6.07, 6.45) is 5.01. The van der Waals surface area contributed by atoms with Crippen LogP contribution in [0, 0.1) is 6.92 Å². The standard InChI is InChI=1S/C20H17N7OS/c1-13-22-19-15-5-2-3-6-16(15)23-20(27(19)25-13)29-12-4-7-17-24-18(26-28-17)14-8-10-21-11-9-14/h2-3,5-6,8-11H,4,7,12H2,1H3. The Morgan fingerprint density at radius 3 is 2.79 bits per heavy atom. The molecule has 0 N–H and O–H groups in total. The van der Waals surface area contributed by atoms with Crippen molar-refractivity contribution >= 4 is 28.3 Å². The minimum Gasteiger partial charge on any atom is -0.339 e. The Morgan fingerprint density at radius 2 is 1.90 bits per heavy atom. The van der Waals surface area contributed by atoms with E-state index in [4.69, 9.17) is 9.51 Å². The summed E-state index contributed by atoms with van der Waals surface area (Å²) in [4.78, 5) is 17.8. The van der Waals surface area contributed by atoms with Gasteiger partial charge in [-0.05, 0) is 37.6 Å². The fourth-order valence-corrected chi connectivity index (χ4v) is 3.97. The monoisotopic (exact) mass is 403 g/mol. The van der Waals surface area contributed by atoms with Crippen LogP contribution >= 0.6 is 11.8 Å². The van der Waals surface area contributed by atoms with E-state index in [1.165, 1.54) is 0 Å². The summed E-state index contributed by atoms with van der Waals surface area (Å²) >= 11 is 1.65. The van der Waals surface area contributed by atoms with Crippen molar-refractivity contribution in [3.8, 4) is 11.4 Å². The number of aromatic nitrogens is 7. The molecule has 29 heavy (non-hydrogen) atoms. The first-order valence-electron chi connectivity index (χ1n) is 9.26. The van der Waals surface area contributed by atoms with Gasteiger partial charge in [-0.3, -0.25) is 4.98 Å². The molecule has 4 heterocycles. The molecule has 1 aromatic carbocycles. The summed E-state index contributed by atoms with van der Waals surface area (Å²) < 4.78 is 7.20. The first kappa shape index (κ1) is 17.7. The van der Waals surface area contributed by atoms with Crippen molar-refractivity contribution in [2.75, 3.05) is 5.75 Å². The van der Waals surface area contributed by atoms with Crippen LogP contribution in [-0.4, -0.2) is 40.5 Å². The van der Waals surface area contributed by atoms with Crippen LogP contribution in [0.4, 0.5) is 0 Å². The lowest BCUT2D eigenvalue weighted by Gasteiger charge is -2.05. The van der Waals surface area contributed by atoms with Crippen molar-refractivity contribution in [3.05, 3.63) is 60.5 Å². The van der Waals surface area contributed by atoms with Crippen LogP contribution in [0.3, 0.4) is 0 Å². The van der Waals surface area contributed by atoms with Crippen LogP contribution < -0.4 is 0 Å². The van der Waals surface area contributed by atoms with Crippen molar-refractivity contribution in [1.29, 1.82) is 0 Å². The first-order chi connectivity index (χ1) is 14.3. The highest BCUT2D eigenvalue weighted by Gasteiger charge is 2.13. The summed E-state index contributed by atoms with van der Waals surface area (Å²) in [5, 5.41) is 10.4. The van der Waals surface area contributed by atoms with Crippen molar-refractivity contribution < 1.29 is 4.52 Å². The fourth-order valence-electron chi connectivity index (χ4n) is 3.09. The van der Waals surface area contributed by atoms with Gasteiger partial charge in [0, 0.05) is 35.5 Å². The van der Waals surface area contributed by atoms with Gasteiger partial charge in [-0.25, -0.2) is 9.97 Å². The lowest BCUT2D eigenvalue weighted by molar-refractivity contribution is 0.378. The van der Waals surface area contributed by atoms with E-state index >= 15 is 0 Å². The van der Waals surface area contributed by atoms with Crippen LogP contribution in [0.1, 0.15) is 18.1 Å². The highest BCUT2D eigenvalue weighted by molar-refractivity contribution is 7.99. The summed E-state index contributed by atoms with van der Waals surface area (Å²) in [7, 11) is 0. The Hall–Kier alpha value is -3.33. The van der Waals surface area contributed by atoms with E-state index in [0.717, 1.165) is 45.3 Å². The number of rotatable bonds is 6. The van der Waals surface area contributed by atoms with Crippen molar-refractivity contribution in [2.24, 2.45) is 0 Å². The van der Waals surface area contributed by atoms with Crippen LogP contribution in [0.15, 0.2) is 58.5 Å². The largest absolute Gasteiger partial charge is 0.339 e. The minimum atomic E-state index is 0.589.